The Balaban J connectivity index is 1.65. The van der Waals surface area contributed by atoms with Crippen molar-refractivity contribution in [2.24, 2.45) is 5.41 Å². The van der Waals surface area contributed by atoms with E-state index in [0.29, 0.717) is 11.1 Å². The summed E-state index contributed by atoms with van der Waals surface area (Å²) in [6.45, 7) is 0. The third kappa shape index (κ3) is 2.97. The molecule has 36 heavy (non-hydrogen) atoms. The van der Waals surface area contributed by atoms with E-state index < -0.39 is 23.4 Å². The first kappa shape index (κ1) is 21.6. The lowest BCUT2D eigenvalue weighted by atomic mass is 9.69. The smallest absolute Gasteiger partial charge is 0.185 e. The SMILES string of the molecule is N#CC1(C#N)[C@H](c2cccc(O)c2)[C@@H](C(=O)c2ccccc2)N2c3ccc4ccccc4c3C=C[C@@H]21. The average Bonchev–Trinajstić information content (AvgIpc) is 3.24. The van der Waals surface area contributed by atoms with Gasteiger partial charge in [0, 0.05) is 22.7 Å². The van der Waals surface area contributed by atoms with Gasteiger partial charge < -0.3 is 10.0 Å². The third-order valence-electron chi connectivity index (χ3n) is 7.47. The molecule has 1 saturated heterocycles. The van der Waals surface area contributed by atoms with Gasteiger partial charge in [0.25, 0.3) is 0 Å². The number of phenolic OH excluding ortho intramolecular Hbond substituents is 1. The van der Waals surface area contributed by atoms with E-state index in [-0.39, 0.29) is 11.5 Å². The number of hydrogen-bond acceptors (Lipinski definition) is 5. The van der Waals surface area contributed by atoms with Gasteiger partial charge in [0.05, 0.1) is 18.2 Å². The topological polar surface area (TPSA) is 88.1 Å². The van der Waals surface area contributed by atoms with Crippen LogP contribution in [0.2, 0.25) is 0 Å². The van der Waals surface area contributed by atoms with Crippen LogP contribution in [0, 0.1) is 28.1 Å². The molecule has 2 aliphatic rings. The molecule has 0 unspecified atom stereocenters. The van der Waals surface area contributed by atoms with Gasteiger partial charge in [-0.15, -0.1) is 0 Å². The van der Waals surface area contributed by atoms with Gasteiger partial charge in [-0.3, -0.25) is 4.79 Å². The molecule has 1 N–H and O–H groups in total. The summed E-state index contributed by atoms with van der Waals surface area (Å²) in [6, 6.07) is 30.7. The molecule has 1 fully saturated rings. The highest BCUT2D eigenvalue weighted by atomic mass is 16.3. The first-order chi connectivity index (χ1) is 17.6. The molecule has 4 aromatic carbocycles. The molecule has 0 aliphatic carbocycles. The van der Waals surface area contributed by atoms with Gasteiger partial charge >= 0.3 is 0 Å². The van der Waals surface area contributed by atoms with E-state index in [2.05, 4.69) is 12.1 Å². The van der Waals surface area contributed by atoms with Crippen LogP contribution in [0.5, 0.6) is 5.75 Å². The van der Waals surface area contributed by atoms with Gasteiger partial charge in [-0.25, -0.2) is 0 Å². The molecule has 0 bridgehead atoms. The summed E-state index contributed by atoms with van der Waals surface area (Å²) in [4.78, 5) is 16.2. The van der Waals surface area contributed by atoms with E-state index in [1.165, 1.54) is 0 Å². The van der Waals surface area contributed by atoms with Gasteiger partial charge in [0.15, 0.2) is 11.2 Å². The second-order valence-corrected chi connectivity index (χ2v) is 9.27. The monoisotopic (exact) mass is 467 g/mol. The summed E-state index contributed by atoms with van der Waals surface area (Å²) in [7, 11) is 0. The number of fused-ring (bicyclic) bond motifs is 5. The Kier molecular flexibility index (Phi) is 4.88. The molecule has 2 aliphatic heterocycles. The van der Waals surface area contributed by atoms with E-state index in [4.69, 9.17) is 0 Å². The Morgan fingerprint density at radius 3 is 2.39 bits per heavy atom. The van der Waals surface area contributed by atoms with E-state index >= 15 is 0 Å². The third-order valence-corrected chi connectivity index (χ3v) is 7.47. The standard InChI is InChI=1S/C31H21N3O2/c32-18-31(19-33)27-16-14-25-24-12-5-4-7-20(24)13-15-26(25)34(27)29(30(36)21-8-2-1-3-9-21)28(31)22-10-6-11-23(35)17-22/h1-17,27-29,35H/t27-,28-,29+/m1/s1. The lowest BCUT2D eigenvalue weighted by molar-refractivity contribution is 0.0951. The molecule has 0 spiro atoms. The number of benzene rings is 4. The molecule has 4 aromatic rings. The minimum Gasteiger partial charge on any atom is -0.508 e. The Bertz CT molecular complexity index is 1610. The summed E-state index contributed by atoms with van der Waals surface area (Å²) in [5.41, 5.74) is 1.31. The van der Waals surface area contributed by atoms with Crippen molar-refractivity contribution < 1.29 is 9.90 Å². The predicted octanol–water partition coefficient (Wildman–Crippen LogP) is 5.83. The van der Waals surface area contributed by atoms with Crippen molar-refractivity contribution >= 4 is 28.3 Å². The molecule has 0 radical (unpaired) electrons. The van der Waals surface area contributed by atoms with Crippen LogP contribution in [0.3, 0.4) is 0 Å². The molecule has 0 aromatic heterocycles. The minimum absolute atomic E-state index is 0.0231. The first-order valence-electron chi connectivity index (χ1n) is 11.8. The summed E-state index contributed by atoms with van der Waals surface area (Å²) in [5, 5.41) is 33.5. The lowest BCUT2D eigenvalue weighted by Gasteiger charge is -2.36. The maximum absolute atomic E-state index is 14.2. The molecule has 172 valence electrons. The zero-order valence-electron chi connectivity index (χ0n) is 19.2. The highest BCUT2D eigenvalue weighted by molar-refractivity contribution is 6.06. The molecule has 3 atom stereocenters. The summed E-state index contributed by atoms with van der Waals surface area (Å²) >= 11 is 0. The highest BCUT2D eigenvalue weighted by Crippen LogP contribution is 2.56. The molecule has 5 nitrogen and oxygen atoms in total. The van der Waals surface area contributed by atoms with Crippen molar-refractivity contribution in [2.45, 2.75) is 18.0 Å². The zero-order chi connectivity index (χ0) is 24.9. The molecule has 0 saturated carbocycles. The number of nitrogens with zero attached hydrogens (tertiary/aromatic N) is 3. The van der Waals surface area contributed by atoms with Crippen molar-refractivity contribution in [1.29, 1.82) is 10.5 Å². The number of carbonyl (C=O) groups excluding carboxylic acids is 1. The number of ketones is 1. The Hall–Kier alpha value is -4.87. The van der Waals surface area contributed by atoms with Crippen molar-refractivity contribution in [3.05, 3.63) is 114 Å². The number of rotatable bonds is 3. The van der Waals surface area contributed by atoms with Crippen molar-refractivity contribution in [1.82, 2.24) is 0 Å². The highest BCUT2D eigenvalue weighted by Gasteiger charge is 2.63. The second kappa shape index (κ2) is 8.12. The fraction of sp³-hybridized carbons (Fsp3) is 0.129. The van der Waals surface area contributed by atoms with Crippen molar-refractivity contribution in [2.75, 3.05) is 4.90 Å². The Morgan fingerprint density at radius 2 is 1.64 bits per heavy atom. The van der Waals surface area contributed by atoms with Gasteiger partial charge in [-0.1, -0.05) is 84.9 Å². The fourth-order valence-electron chi connectivity index (χ4n) is 5.91. The van der Waals surface area contributed by atoms with Crippen LogP contribution in [0.15, 0.2) is 97.1 Å². The minimum atomic E-state index is -1.55. The van der Waals surface area contributed by atoms with Crippen LogP contribution in [-0.2, 0) is 0 Å². The molecular formula is C31H21N3O2. The van der Waals surface area contributed by atoms with Crippen LogP contribution in [0.25, 0.3) is 16.8 Å². The fourth-order valence-corrected chi connectivity index (χ4v) is 5.91. The number of anilines is 1. The number of nitriles is 2. The summed E-state index contributed by atoms with van der Waals surface area (Å²) < 4.78 is 0. The second-order valence-electron chi connectivity index (χ2n) is 9.27. The van der Waals surface area contributed by atoms with Crippen LogP contribution >= 0.6 is 0 Å². The van der Waals surface area contributed by atoms with Gasteiger partial charge in [0.2, 0.25) is 0 Å². The maximum Gasteiger partial charge on any atom is 0.185 e. The van der Waals surface area contributed by atoms with Gasteiger partial charge in [-0.05, 0) is 34.5 Å². The summed E-state index contributed by atoms with van der Waals surface area (Å²) in [5.74, 6) is -0.940. The average molecular weight is 468 g/mol. The van der Waals surface area contributed by atoms with Crippen LogP contribution in [-0.4, -0.2) is 23.0 Å². The van der Waals surface area contributed by atoms with E-state index in [9.17, 15) is 20.4 Å². The van der Waals surface area contributed by atoms with E-state index in [0.717, 1.165) is 22.0 Å². The number of carbonyl (C=O) groups is 1. The summed E-state index contributed by atoms with van der Waals surface area (Å²) in [6.07, 6.45) is 3.85. The van der Waals surface area contributed by atoms with Crippen LogP contribution < -0.4 is 4.90 Å². The number of hydrogen-bond donors (Lipinski definition) is 1. The lowest BCUT2D eigenvalue weighted by Crippen LogP contribution is -2.44. The van der Waals surface area contributed by atoms with Gasteiger partial charge in [0.1, 0.15) is 11.8 Å². The first-order valence-corrected chi connectivity index (χ1v) is 11.8. The molecule has 5 heteroatoms. The van der Waals surface area contributed by atoms with Crippen LogP contribution in [0.1, 0.15) is 27.4 Å². The predicted molar refractivity (Wildman–Crippen MR) is 138 cm³/mol. The van der Waals surface area contributed by atoms with E-state index in [1.807, 2.05) is 71.6 Å². The van der Waals surface area contributed by atoms with Crippen molar-refractivity contribution in [3.63, 3.8) is 0 Å². The van der Waals surface area contributed by atoms with E-state index in [1.54, 1.807) is 36.4 Å². The molecule has 2 heterocycles. The Morgan fingerprint density at radius 1 is 0.889 bits per heavy atom. The quantitative estimate of drug-likeness (QED) is 0.383. The number of aromatic hydroxyl groups is 1. The number of phenols is 1. The maximum atomic E-state index is 14.2. The zero-order valence-corrected chi connectivity index (χ0v) is 19.2. The molecule has 6 rings (SSSR count). The Labute approximate surface area is 208 Å². The number of Topliss-reactive ketones (excluding diaryl/α,β-unsaturated/α-hetero) is 1. The van der Waals surface area contributed by atoms with Crippen molar-refractivity contribution in [3.8, 4) is 17.9 Å². The largest absolute Gasteiger partial charge is 0.508 e. The molecular weight excluding hydrogens is 446 g/mol. The molecule has 0 amide bonds. The van der Waals surface area contributed by atoms with Crippen LogP contribution in [0.4, 0.5) is 5.69 Å². The van der Waals surface area contributed by atoms with Gasteiger partial charge in [-0.2, -0.15) is 10.5 Å². The normalized spacial score (nSPS) is 21.3.